The molecule has 0 fully saturated rings. The molecule has 22 heavy (non-hydrogen) atoms. The first kappa shape index (κ1) is 15.6. The monoisotopic (exact) mass is 303 g/mol. The standard InChI is InChI=1S/C15H14FN3O3/c1-9-14(21)13(11(8-20)6-17-9)7-18-19-15(22)10-3-2-4-12(16)5-10/h2-7,20-21H,8H2,1H3,(H,19,22). The molecular formula is C15H14FN3O3. The summed E-state index contributed by atoms with van der Waals surface area (Å²) in [6.07, 6.45) is 2.61. The van der Waals surface area contributed by atoms with Gasteiger partial charge in [0.15, 0.2) is 0 Å². The van der Waals surface area contributed by atoms with Gasteiger partial charge in [-0.3, -0.25) is 9.78 Å². The van der Waals surface area contributed by atoms with Crippen molar-refractivity contribution in [3.63, 3.8) is 0 Å². The van der Waals surface area contributed by atoms with Crippen LogP contribution in [-0.4, -0.2) is 27.3 Å². The van der Waals surface area contributed by atoms with Crippen LogP contribution in [0.1, 0.15) is 27.2 Å². The molecule has 0 atom stereocenters. The number of rotatable bonds is 4. The number of nitrogens with one attached hydrogen (secondary N) is 1. The number of aliphatic hydroxyl groups is 1. The number of aromatic hydroxyl groups is 1. The number of benzene rings is 1. The molecule has 0 aliphatic rings. The second-order valence-electron chi connectivity index (χ2n) is 4.50. The Morgan fingerprint density at radius 1 is 1.50 bits per heavy atom. The number of nitrogens with zero attached hydrogens (tertiary/aromatic N) is 2. The Morgan fingerprint density at radius 2 is 2.27 bits per heavy atom. The molecule has 1 aromatic heterocycles. The van der Waals surface area contributed by atoms with Crippen molar-refractivity contribution in [2.24, 2.45) is 5.10 Å². The van der Waals surface area contributed by atoms with Gasteiger partial charge in [0.1, 0.15) is 11.6 Å². The summed E-state index contributed by atoms with van der Waals surface area (Å²) in [4.78, 5) is 15.7. The smallest absolute Gasteiger partial charge is 0.271 e. The highest BCUT2D eigenvalue weighted by molar-refractivity contribution is 5.95. The highest BCUT2D eigenvalue weighted by Gasteiger charge is 2.10. The second-order valence-corrected chi connectivity index (χ2v) is 4.50. The molecule has 0 spiro atoms. The zero-order valence-corrected chi connectivity index (χ0v) is 11.7. The molecule has 1 aromatic carbocycles. The Labute approximate surface area is 125 Å². The molecule has 0 aliphatic heterocycles. The van der Waals surface area contributed by atoms with Crippen molar-refractivity contribution in [3.05, 3.63) is 58.7 Å². The van der Waals surface area contributed by atoms with Crippen LogP contribution in [0.2, 0.25) is 0 Å². The van der Waals surface area contributed by atoms with E-state index in [4.69, 9.17) is 0 Å². The summed E-state index contributed by atoms with van der Waals surface area (Å²) in [6, 6.07) is 5.17. The topological polar surface area (TPSA) is 94.8 Å². The van der Waals surface area contributed by atoms with Crippen molar-refractivity contribution >= 4 is 12.1 Å². The van der Waals surface area contributed by atoms with Gasteiger partial charge in [-0.1, -0.05) is 6.07 Å². The number of pyridine rings is 1. The van der Waals surface area contributed by atoms with Crippen LogP contribution in [0.5, 0.6) is 5.75 Å². The fraction of sp³-hybridized carbons (Fsp3) is 0.133. The van der Waals surface area contributed by atoms with E-state index in [1.54, 1.807) is 6.92 Å². The molecule has 0 saturated heterocycles. The van der Waals surface area contributed by atoms with Crippen molar-refractivity contribution in [2.75, 3.05) is 0 Å². The van der Waals surface area contributed by atoms with E-state index >= 15 is 0 Å². The normalized spacial score (nSPS) is 10.9. The summed E-state index contributed by atoms with van der Waals surface area (Å²) >= 11 is 0. The molecule has 0 unspecified atom stereocenters. The van der Waals surface area contributed by atoms with Crippen LogP contribution in [0.4, 0.5) is 4.39 Å². The summed E-state index contributed by atoms with van der Waals surface area (Å²) in [5.41, 5.74) is 3.34. The first-order valence-corrected chi connectivity index (χ1v) is 6.40. The van der Waals surface area contributed by atoms with Crippen molar-refractivity contribution in [2.45, 2.75) is 13.5 Å². The van der Waals surface area contributed by atoms with E-state index in [2.05, 4.69) is 15.5 Å². The van der Waals surface area contributed by atoms with Gasteiger partial charge in [-0.25, -0.2) is 9.82 Å². The van der Waals surface area contributed by atoms with E-state index < -0.39 is 11.7 Å². The quantitative estimate of drug-likeness (QED) is 0.589. The summed E-state index contributed by atoms with van der Waals surface area (Å²) in [7, 11) is 0. The largest absolute Gasteiger partial charge is 0.505 e. The molecule has 6 nitrogen and oxygen atoms in total. The van der Waals surface area contributed by atoms with Crippen LogP contribution < -0.4 is 5.43 Å². The lowest BCUT2D eigenvalue weighted by atomic mass is 10.1. The lowest BCUT2D eigenvalue weighted by Crippen LogP contribution is -2.17. The fourth-order valence-electron chi connectivity index (χ4n) is 1.77. The maximum Gasteiger partial charge on any atom is 0.271 e. The average molecular weight is 303 g/mol. The summed E-state index contributed by atoms with van der Waals surface area (Å²) < 4.78 is 13.0. The van der Waals surface area contributed by atoms with E-state index in [0.717, 1.165) is 6.07 Å². The van der Waals surface area contributed by atoms with Crippen LogP contribution in [0.3, 0.4) is 0 Å². The highest BCUT2D eigenvalue weighted by atomic mass is 19.1. The number of hydrogen-bond donors (Lipinski definition) is 3. The molecule has 0 bridgehead atoms. The molecule has 0 saturated carbocycles. The van der Waals surface area contributed by atoms with E-state index in [0.29, 0.717) is 11.3 Å². The molecule has 0 radical (unpaired) electrons. The van der Waals surface area contributed by atoms with Crippen LogP contribution in [0.25, 0.3) is 0 Å². The number of aryl methyl sites for hydroxylation is 1. The number of hydrogen-bond acceptors (Lipinski definition) is 5. The number of carbonyl (C=O) groups excluding carboxylic acids is 1. The van der Waals surface area contributed by atoms with Gasteiger partial charge in [-0.2, -0.15) is 5.10 Å². The molecule has 2 aromatic rings. The van der Waals surface area contributed by atoms with Crippen LogP contribution >= 0.6 is 0 Å². The maximum absolute atomic E-state index is 13.0. The Balaban J connectivity index is 2.16. The Hall–Kier alpha value is -2.80. The van der Waals surface area contributed by atoms with Gasteiger partial charge in [0, 0.05) is 22.9 Å². The first-order valence-electron chi connectivity index (χ1n) is 6.40. The van der Waals surface area contributed by atoms with Crippen molar-refractivity contribution < 1.29 is 19.4 Å². The number of aromatic nitrogens is 1. The molecule has 114 valence electrons. The summed E-state index contributed by atoms with van der Waals surface area (Å²) in [5, 5.41) is 22.8. The Bertz CT molecular complexity index is 732. The maximum atomic E-state index is 13.0. The van der Waals surface area contributed by atoms with E-state index in [1.165, 1.54) is 30.6 Å². The molecule has 7 heteroatoms. The minimum absolute atomic E-state index is 0.120. The minimum Gasteiger partial charge on any atom is -0.505 e. The van der Waals surface area contributed by atoms with Gasteiger partial charge in [-0.05, 0) is 25.1 Å². The van der Waals surface area contributed by atoms with Crippen LogP contribution in [-0.2, 0) is 6.61 Å². The third kappa shape index (κ3) is 3.44. The number of carbonyl (C=O) groups is 1. The van der Waals surface area contributed by atoms with Gasteiger partial charge in [0.2, 0.25) is 0 Å². The molecule has 3 N–H and O–H groups in total. The predicted molar refractivity (Wildman–Crippen MR) is 78.0 cm³/mol. The Morgan fingerprint density at radius 3 is 2.95 bits per heavy atom. The summed E-state index contributed by atoms with van der Waals surface area (Å²) in [5.74, 6) is -1.25. The number of amides is 1. The lowest BCUT2D eigenvalue weighted by Gasteiger charge is -2.07. The van der Waals surface area contributed by atoms with Crippen molar-refractivity contribution in [1.82, 2.24) is 10.4 Å². The van der Waals surface area contributed by atoms with Crippen molar-refractivity contribution in [1.29, 1.82) is 0 Å². The zero-order chi connectivity index (χ0) is 16.1. The van der Waals surface area contributed by atoms with Gasteiger partial charge in [0.05, 0.1) is 18.5 Å². The predicted octanol–water partition coefficient (Wildman–Crippen LogP) is 1.49. The van der Waals surface area contributed by atoms with Crippen molar-refractivity contribution in [3.8, 4) is 5.75 Å². The highest BCUT2D eigenvalue weighted by Crippen LogP contribution is 2.21. The molecule has 2 rings (SSSR count). The third-order valence-corrected chi connectivity index (χ3v) is 2.97. The van der Waals surface area contributed by atoms with Crippen LogP contribution in [0, 0.1) is 12.7 Å². The van der Waals surface area contributed by atoms with Gasteiger partial charge in [-0.15, -0.1) is 0 Å². The Kier molecular flexibility index (Phi) is 4.80. The zero-order valence-electron chi connectivity index (χ0n) is 11.7. The lowest BCUT2D eigenvalue weighted by molar-refractivity contribution is 0.0954. The number of aliphatic hydroxyl groups excluding tert-OH is 1. The SMILES string of the molecule is Cc1ncc(CO)c(C=NNC(=O)c2cccc(F)c2)c1O. The molecular weight excluding hydrogens is 289 g/mol. The number of hydrazone groups is 1. The minimum atomic E-state index is -0.591. The first-order chi connectivity index (χ1) is 10.5. The van der Waals surface area contributed by atoms with Gasteiger partial charge < -0.3 is 10.2 Å². The molecule has 1 amide bonds. The molecule has 0 aliphatic carbocycles. The third-order valence-electron chi connectivity index (χ3n) is 2.97. The average Bonchev–Trinajstić information content (AvgIpc) is 2.51. The van der Waals surface area contributed by atoms with E-state index in [-0.39, 0.29) is 23.5 Å². The summed E-state index contributed by atoms with van der Waals surface area (Å²) in [6.45, 7) is 1.26. The van der Waals surface area contributed by atoms with Gasteiger partial charge in [0.25, 0.3) is 5.91 Å². The second kappa shape index (κ2) is 6.77. The van der Waals surface area contributed by atoms with E-state index in [9.17, 15) is 19.4 Å². The number of halogens is 1. The van der Waals surface area contributed by atoms with Crippen LogP contribution in [0.15, 0.2) is 35.6 Å². The van der Waals surface area contributed by atoms with E-state index in [1.807, 2.05) is 0 Å². The molecule has 1 heterocycles. The van der Waals surface area contributed by atoms with Gasteiger partial charge >= 0.3 is 0 Å². The fourth-order valence-corrected chi connectivity index (χ4v) is 1.77.